The first-order valence-corrected chi connectivity index (χ1v) is 9.34. The second-order valence-electron chi connectivity index (χ2n) is 7.05. The number of hydrogen-bond acceptors (Lipinski definition) is 7. The molecule has 2 aromatic carbocycles. The first-order chi connectivity index (χ1) is 14.2. The Bertz CT molecular complexity index is 1050. The Labute approximate surface area is 167 Å². The number of ether oxygens (including phenoxy) is 3. The molecule has 0 saturated carbocycles. The smallest absolute Gasteiger partial charge is 0.232 e. The molecule has 5 rings (SSSR count). The van der Waals surface area contributed by atoms with Crippen molar-refractivity contribution in [2.75, 3.05) is 20.4 Å². The fraction of sp³-hybridized carbons (Fsp3) is 0.286. The summed E-state index contributed by atoms with van der Waals surface area (Å²) in [5.41, 5.74) is 1.83. The Kier molecular flexibility index (Phi) is 4.31. The molecular formula is C21H19N3O5. The van der Waals surface area contributed by atoms with E-state index in [1.165, 1.54) is 0 Å². The van der Waals surface area contributed by atoms with Crippen LogP contribution in [0.2, 0.25) is 0 Å². The van der Waals surface area contributed by atoms with Crippen molar-refractivity contribution in [3.8, 4) is 28.6 Å². The number of fused-ring (bicyclic) bond motifs is 1. The molecule has 3 heterocycles. The molecule has 1 aromatic heterocycles. The van der Waals surface area contributed by atoms with Crippen molar-refractivity contribution in [1.82, 2.24) is 15.0 Å². The van der Waals surface area contributed by atoms with E-state index in [-0.39, 0.29) is 18.6 Å². The monoisotopic (exact) mass is 393 g/mol. The zero-order chi connectivity index (χ0) is 19.8. The molecule has 1 amide bonds. The molecule has 0 bridgehead atoms. The van der Waals surface area contributed by atoms with Gasteiger partial charge in [0.05, 0.1) is 13.0 Å². The van der Waals surface area contributed by atoms with Crippen molar-refractivity contribution >= 4 is 5.91 Å². The lowest BCUT2D eigenvalue weighted by molar-refractivity contribution is -0.128. The standard InChI is InChI=1S/C21H19N3O5/c1-26-16-5-3-14(4-6-16)20-22-21(29-23-20)15-9-19(25)24(11-15)10-13-2-7-17-18(8-13)28-12-27-17/h2-8,15H,9-12H2,1H3. The predicted molar refractivity (Wildman–Crippen MR) is 102 cm³/mol. The Balaban J connectivity index is 1.28. The van der Waals surface area contributed by atoms with Gasteiger partial charge in [-0.1, -0.05) is 11.2 Å². The highest BCUT2D eigenvalue weighted by Crippen LogP contribution is 2.34. The van der Waals surface area contributed by atoms with E-state index >= 15 is 0 Å². The molecule has 0 N–H and O–H groups in total. The molecule has 2 aliphatic heterocycles. The minimum absolute atomic E-state index is 0.0665. The third-order valence-corrected chi connectivity index (χ3v) is 5.16. The van der Waals surface area contributed by atoms with Gasteiger partial charge in [0.15, 0.2) is 11.5 Å². The zero-order valence-electron chi connectivity index (χ0n) is 15.8. The maximum atomic E-state index is 12.5. The Morgan fingerprint density at radius 3 is 2.79 bits per heavy atom. The Hall–Kier alpha value is -3.55. The Morgan fingerprint density at radius 2 is 1.97 bits per heavy atom. The molecule has 8 heteroatoms. The van der Waals surface area contributed by atoms with Gasteiger partial charge in [0.2, 0.25) is 24.4 Å². The Morgan fingerprint density at radius 1 is 1.14 bits per heavy atom. The zero-order valence-corrected chi connectivity index (χ0v) is 15.8. The van der Waals surface area contributed by atoms with Crippen LogP contribution >= 0.6 is 0 Å². The predicted octanol–water partition coefficient (Wildman–Crippen LogP) is 2.99. The molecular weight excluding hydrogens is 374 g/mol. The quantitative estimate of drug-likeness (QED) is 0.658. The summed E-state index contributed by atoms with van der Waals surface area (Å²) in [6, 6.07) is 13.2. The summed E-state index contributed by atoms with van der Waals surface area (Å²) in [6.07, 6.45) is 0.356. The average molecular weight is 393 g/mol. The number of likely N-dealkylation sites (tertiary alicyclic amines) is 1. The van der Waals surface area contributed by atoms with Gasteiger partial charge in [-0.25, -0.2) is 0 Å². The molecule has 0 aliphatic carbocycles. The van der Waals surface area contributed by atoms with Gasteiger partial charge in [0.1, 0.15) is 5.75 Å². The molecule has 0 spiro atoms. The van der Waals surface area contributed by atoms with Crippen LogP contribution in [0.15, 0.2) is 47.0 Å². The number of nitrogens with zero attached hydrogens (tertiary/aromatic N) is 3. The highest BCUT2D eigenvalue weighted by Gasteiger charge is 2.34. The lowest BCUT2D eigenvalue weighted by Gasteiger charge is -2.16. The maximum Gasteiger partial charge on any atom is 0.232 e. The van der Waals surface area contributed by atoms with Crippen LogP contribution in [0.3, 0.4) is 0 Å². The van der Waals surface area contributed by atoms with Gasteiger partial charge in [0.25, 0.3) is 0 Å². The highest BCUT2D eigenvalue weighted by molar-refractivity contribution is 5.79. The maximum absolute atomic E-state index is 12.5. The van der Waals surface area contributed by atoms with Crippen molar-refractivity contribution < 1.29 is 23.5 Å². The number of aromatic nitrogens is 2. The highest BCUT2D eigenvalue weighted by atomic mass is 16.7. The molecule has 1 saturated heterocycles. The van der Waals surface area contributed by atoms with Gasteiger partial charge in [-0.15, -0.1) is 0 Å². The number of rotatable bonds is 5. The molecule has 1 atom stereocenters. The van der Waals surface area contributed by atoms with E-state index in [2.05, 4.69) is 10.1 Å². The summed E-state index contributed by atoms with van der Waals surface area (Å²) < 4.78 is 21.4. The fourth-order valence-corrected chi connectivity index (χ4v) is 3.61. The van der Waals surface area contributed by atoms with Crippen LogP contribution in [-0.4, -0.2) is 41.4 Å². The average Bonchev–Trinajstić information content (AvgIpc) is 3.48. The van der Waals surface area contributed by atoms with E-state index in [4.69, 9.17) is 18.7 Å². The number of carbonyl (C=O) groups excluding carboxylic acids is 1. The lowest BCUT2D eigenvalue weighted by atomic mass is 10.1. The fourth-order valence-electron chi connectivity index (χ4n) is 3.61. The van der Waals surface area contributed by atoms with Crippen molar-refractivity contribution in [2.45, 2.75) is 18.9 Å². The van der Waals surface area contributed by atoms with Gasteiger partial charge in [-0.05, 0) is 42.0 Å². The van der Waals surface area contributed by atoms with Crippen LogP contribution in [0.1, 0.15) is 23.8 Å². The lowest BCUT2D eigenvalue weighted by Crippen LogP contribution is -2.24. The van der Waals surface area contributed by atoms with E-state index in [0.29, 0.717) is 37.0 Å². The van der Waals surface area contributed by atoms with Crippen LogP contribution in [0, 0.1) is 0 Å². The summed E-state index contributed by atoms with van der Waals surface area (Å²) in [7, 11) is 1.62. The van der Waals surface area contributed by atoms with E-state index in [1.807, 2.05) is 42.5 Å². The summed E-state index contributed by atoms with van der Waals surface area (Å²) in [5, 5.41) is 4.07. The van der Waals surface area contributed by atoms with E-state index < -0.39 is 0 Å². The first kappa shape index (κ1) is 17.5. The van der Waals surface area contributed by atoms with Gasteiger partial charge in [-0.2, -0.15) is 4.98 Å². The topological polar surface area (TPSA) is 86.9 Å². The second-order valence-corrected chi connectivity index (χ2v) is 7.05. The summed E-state index contributed by atoms with van der Waals surface area (Å²) >= 11 is 0. The van der Waals surface area contributed by atoms with Gasteiger partial charge in [0, 0.05) is 25.1 Å². The van der Waals surface area contributed by atoms with Gasteiger partial charge >= 0.3 is 0 Å². The number of carbonyl (C=O) groups is 1. The van der Waals surface area contributed by atoms with Crippen LogP contribution in [0.4, 0.5) is 0 Å². The van der Waals surface area contributed by atoms with E-state index in [1.54, 1.807) is 12.0 Å². The van der Waals surface area contributed by atoms with Gasteiger partial charge < -0.3 is 23.6 Å². The summed E-state index contributed by atoms with van der Waals surface area (Å²) in [6.45, 7) is 1.28. The SMILES string of the molecule is COc1ccc(-c2noc(C3CC(=O)N(Cc4ccc5c(c4)OCO5)C3)n2)cc1. The number of benzene rings is 2. The van der Waals surface area contributed by atoms with Crippen molar-refractivity contribution in [2.24, 2.45) is 0 Å². The molecule has 1 fully saturated rings. The van der Waals surface area contributed by atoms with E-state index in [0.717, 1.165) is 22.6 Å². The van der Waals surface area contributed by atoms with Crippen LogP contribution in [0.5, 0.6) is 17.2 Å². The van der Waals surface area contributed by atoms with Crippen LogP contribution in [0.25, 0.3) is 11.4 Å². The number of methoxy groups -OCH3 is 1. The van der Waals surface area contributed by atoms with Crippen molar-refractivity contribution in [1.29, 1.82) is 0 Å². The molecule has 3 aromatic rings. The minimum atomic E-state index is -0.115. The summed E-state index contributed by atoms with van der Waals surface area (Å²) in [4.78, 5) is 18.8. The molecule has 0 radical (unpaired) electrons. The third-order valence-electron chi connectivity index (χ3n) is 5.16. The molecule has 148 valence electrons. The van der Waals surface area contributed by atoms with Crippen LogP contribution < -0.4 is 14.2 Å². The largest absolute Gasteiger partial charge is 0.497 e. The molecule has 2 aliphatic rings. The van der Waals surface area contributed by atoms with Crippen molar-refractivity contribution in [3.05, 3.63) is 53.9 Å². The minimum Gasteiger partial charge on any atom is -0.497 e. The van der Waals surface area contributed by atoms with Gasteiger partial charge in [-0.3, -0.25) is 4.79 Å². The first-order valence-electron chi connectivity index (χ1n) is 9.34. The molecule has 1 unspecified atom stereocenters. The third kappa shape index (κ3) is 3.37. The number of amides is 1. The summed E-state index contributed by atoms with van der Waals surface area (Å²) in [5.74, 6) is 3.15. The van der Waals surface area contributed by atoms with Crippen LogP contribution in [-0.2, 0) is 11.3 Å². The molecule has 29 heavy (non-hydrogen) atoms. The number of hydrogen-bond donors (Lipinski definition) is 0. The van der Waals surface area contributed by atoms with Crippen molar-refractivity contribution in [3.63, 3.8) is 0 Å². The van der Waals surface area contributed by atoms with E-state index in [9.17, 15) is 4.79 Å². The normalized spacial score (nSPS) is 17.8. The second kappa shape index (κ2) is 7.12. The molecule has 8 nitrogen and oxygen atoms in total.